The van der Waals surface area contributed by atoms with E-state index in [1.807, 2.05) is 35.2 Å². The number of benzene rings is 2. The van der Waals surface area contributed by atoms with E-state index in [9.17, 15) is 13.2 Å². The summed E-state index contributed by atoms with van der Waals surface area (Å²) >= 11 is 20.0. The summed E-state index contributed by atoms with van der Waals surface area (Å²) in [6, 6.07) is 6.97. The van der Waals surface area contributed by atoms with Gasteiger partial charge >= 0.3 is 6.30 Å². The molecule has 4 heterocycles. The Bertz CT molecular complexity index is 1270. The van der Waals surface area contributed by atoms with Crippen molar-refractivity contribution in [3.05, 3.63) is 46.5 Å². The lowest BCUT2D eigenvalue weighted by Crippen LogP contribution is -2.52. The van der Waals surface area contributed by atoms with Crippen molar-refractivity contribution >= 4 is 52.3 Å². The van der Waals surface area contributed by atoms with Gasteiger partial charge in [0.05, 0.1) is 12.8 Å². The second-order valence-electron chi connectivity index (χ2n) is 9.34. The number of nitrogens with zero attached hydrogens (tertiary/aromatic N) is 3. The maximum absolute atomic E-state index is 13.3. The van der Waals surface area contributed by atoms with Gasteiger partial charge in [-0.05, 0) is 41.8 Å². The third kappa shape index (κ3) is 4.24. The number of methoxy groups -OCH3 is 1. The molecule has 37 heavy (non-hydrogen) atoms. The molecule has 2 aromatic rings. The van der Waals surface area contributed by atoms with E-state index >= 15 is 0 Å². The minimum atomic E-state index is -4.37. The van der Waals surface area contributed by atoms with E-state index in [4.69, 9.17) is 49.0 Å². The van der Waals surface area contributed by atoms with Gasteiger partial charge in [0.2, 0.25) is 10.6 Å². The van der Waals surface area contributed by atoms with Gasteiger partial charge in [0.15, 0.2) is 11.5 Å². The highest BCUT2D eigenvalue weighted by molar-refractivity contribution is 6.68. The molecule has 2 aromatic carbocycles. The van der Waals surface area contributed by atoms with Crippen LogP contribution in [0, 0.1) is 0 Å². The summed E-state index contributed by atoms with van der Waals surface area (Å²) < 4.78 is 55.0. The Kier molecular flexibility index (Phi) is 6.06. The smallest absolute Gasteiger partial charge is 0.460 e. The Balaban J connectivity index is 1.49. The highest BCUT2D eigenvalue weighted by atomic mass is 35.6. The molecule has 6 rings (SSSR count). The Morgan fingerprint density at radius 2 is 1.68 bits per heavy atom. The normalized spacial score (nSPS) is 21.3. The minimum absolute atomic E-state index is 0.155. The second-order valence-corrected chi connectivity index (χ2v) is 11.7. The summed E-state index contributed by atoms with van der Waals surface area (Å²) in [5, 5.41) is 0. The zero-order valence-electron chi connectivity index (χ0n) is 19.7. The summed E-state index contributed by atoms with van der Waals surface area (Å²) in [5.41, 5.74) is 5.17. The van der Waals surface area contributed by atoms with E-state index in [1.54, 1.807) is 0 Å². The Morgan fingerprint density at radius 3 is 2.32 bits per heavy atom. The molecule has 4 aliphatic heterocycles. The molecular formula is C25H23Cl3F3N3O3. The van der Waals surface area contributed by atoms with Gasteiger partial charge in [-0.3, -0.25) is 0 Å². The van der Waals surface area contributed by atoms with Crippen molar-refractivity contribution in [1.82, 2.24) is 9.80 Å². The maximum Gasteiger partial charge on any atom is 0.460 e. The van der Waals surface area contributed by atoms with E-state index < -0.39 is 16.1 Å². The van der Waals surface area contributed by atoms with Crippen LogP contribution < -0.4 is 19.1 Å². The molecule has 12 heteroatoms. The molecule has 0 N–H and O–H groups in total. The summed E-state index contributed by atoms with van der Waals surface area (Å²) in [5.74, 6) is 1.90. The largest absolute Gasteiger partial charge is 0.495 e. The summed E-state index contributed by atoms with van der Waals surface area (Å²) in [4.78, 5) is 4.48. The van der Waals surface area contributed by atoms with Gasteiger partial charge < -0.3 is 24.0 Å². The Labute approximate surface area is 227 Å². The third-order valence-electron chi connectivity index (χ3n) is 7.38. The van der Waals surface area contributed by atoms with Crippen molar-refractivity contribution in [2.24, 2.45) is 0 Å². The van der Waals surface area contributed by atoms with Gasteiger partial charge in [-0.1, -0.05) is 40.9 Å². The van der Waals surface area contributed by atoms with Gasteiger partial charge in [-0.15, -0.1) is 0 Å². The highest BCUT2D eigenvalue weighted by Crippen LogP contribution is 2.56. The van der Waals surface area contributed by atoms with Crippen LogP contribution in [0.25, 0.3) is 11.8 Å². The van der Waals surface area contributed by atoms with Crippen molar-refractivity contribution in [3.8, 4) is 17.2 Å². The van der Waals surface area contributed by atoms with E-state index in [2.05, 4.69) is 4.90 Å². The predicted octanol–water partition coefficient (Wildman–Crippen LogP) is 5.85. The molecule has 0 amide bonds. The third-order valence-corrected chi connectivity index (χ3v) is 8.00. The van der Waals surface area contributed by atoms with Crippen LogP contribution in [0.5, 0.6) is 17.2 Å². The van der Waals surface area contributed by atoms with Crippen molar-refractivity contribution in [1.29, 1.82) is 0 Å². The average molecular weight is 577 g/mol. The van der Waals surface area contributed by atoms with Gasteiger partial charge in [-0.25, -0.2) is 4.90 Å². The molecule has 0 saturated carbocycles. The zero-order chi connectivity index (χ0) is 26.1. The molecule has 0 bridgehead atoms. The minimum Gasteiger partial charge on any atom is -0.495 e. The lowest BCUT2D eigenvalue weighted by molar-refractivity contribution is -0.246. The van der Waals surface area contributed by atoms with Gasteiger partial charge in [0.25, 0.3) is 0 Å². The van der Waals surface area contributed by atoms with Crippen molar-refractivity contribution in [2.45, 2.75) is 22.6 Å². The number of ether oxygens (including phenoxy) is 3. The lowest BCUT2D eigenvalue weighted by Gasteiger charge is -2.47. The Morgan fingerprint density at radius 1 is 0.973 bits per heavy atom. The molecule has 198 valence electrons. The van der Waals surface area contributed by atoms with Crippen LogP contribution in [0.1, 0.15) is 28.3 Å². The quantitative estimate of drug-likeness (QED) is 0.330. The monoisotopic (exact) mass is 575 g/mol. The van der Waals surface area contributed by atoms with Crippen LogP contribution in [0.2, 0.25) is 0 Å². The van der Waals surface area contributed by atoms with Crippen molar-refractivity contribution in [2.75, 3.05) is 51.5 Å². The fraction of sp³-hybridized carbons (Fsp3) is 0.440. The lowest BCUT2D eigenvalue weighted by atomic mass is 9.85. The van der Waals surface area contributed by atoms with Gasteiger partial charge in [-0.2, -0.15) is 13.2 Å². The molecular weight excluding hydrogens is 554 g/mol. The van der Waals surface area contributed by atoms with Crippen LogP contribution in [-0.2, 0) is 6.42 Å². The first-order valence-corrected chi connectivity index (χ1v) is 12.9. The number of rotatable bonds is 2. The fourth-order valence-electron chi connectivity index (χ4n) is 5.71. The van der Waals surface area contributed by atoms with E-state index in [1.165, 1.54) is 7.11 Å². The topological polar surface area (TPSA) is 37.4 Å². The van der Waals surface area contributed by atoms with E-state index in [0.29, 0.717) is 40.8 Å². The SMILES string of the molecule is COc1ccc2c(c1N1CCN(C(F)(F)F)CC1)[C@@H](C(Cl)(Cl)Cl)N1CCc3cc4c(cc3C1=C2)OCO4. The molecule has 1 fully saturated rings. The number of hydrogen-bond donors (Lipinski definition) is 0. The average Bonchev–Trinajstić information content (AvgIpc) is 3.31. The molecule has 0 spiro atoms. The van der Waals surface area contributed by atoms with Crippen molar-refractivity contribution in [3.63, 3.8) is 0 Å². The molecule has 0 unspecified atom stereocenters. The maximum atomic E-state index is 13.3. The Hall–Kier alpha value is -2.20. The van der Waals surface area contributed by atoms with Crippen molar-refractivity contribution < 1.29 is 27.4 Å². The van der Waals surface area contributed by atoms with E-state index in [0.717, 1.165) is 28.0 Å². The first-order chi connectivity index (χ1) is 17.6. The number of fused-ring (bicyclic) bond motifs is 5. The van der Waals surface area contributed by atoms with Gasteiger partial charge in [0.1, 0.15) is 11.8 Å². The molecule has 0 aromatic heterocycles. The molecule has 0 aliphatic carbocycles. The highest BCUT2D eigenvalue weighted by Gasteiger charge is 2.47. The second kappa shape index (κ2) is 8.93. The molecule has 1 saturated heterocycles. The zero-order valence-corrected chi connectivity index (χ0v) is 22.0. The number of hydrogen-bond acceptors (Lipinski definition) is 6. The summed E-state index contributed by atoms with van der Waals surface area (Å²) in [6.45, 7) is 0.726. The van der Waals surface area contributed by atoms with Crippen LogP contribution in [0.15, 0.2) is 24.3 Å². The molecule has 0 radical (unpaired) electrons. The van der Waals surface area contributed by atoms with Crippen LogP contribution >= 0.6 is 34.8 Å². The summed E-state index contributed by atoms with van der Waals surface area (Å²) in [7, 11) is 1.53. The summed E-state index contributed by atoms with van der Waals surface area (Å²) in [6.07, 6.45) is -1.64. The van der Waals surface area contributed by atoms with E-state index in [-0.39, 0.29) is 33.0 Å². The number of piperazine rings is 1. The number of halogens is 6. The first-order valence-electron chi connectivity index (χ1n) is 11.8. The first kappa shape index (κ1) is 25.1. The number of alkyl halides is 6. The van der Waals surface area contributed by atoms with Crippen LogP contribution in [0.3, 0.4) is 0 Å². The predicted molar refractivity (Wildman–Crippen MR) is 137 cm³/mol. The number of anilines is 1. The van der Waals surface area contributed by atoms with Crippen LogP contribution in [0.4, 0.5) is 18.9 Å². The standard InChI is InChI=1S/C25H23Cl3F3N3O3/c1-35-18-3-2-15-10-17-16-12-20-19(36-13-37-20)11-14(16)4-5-34(17)23(24(26,27)28)21(15)22(18)32-6-8-33(9-7-32)25(29,30)31/h2-3,10-12,23H,4-9,13H2,1H3/t23-/m0/s1. The van der Waals surface area contributed by atoms with Gasteiger partial charge in [0, 0.05) is 49.5 Å². The fourth-order valence-corrected chi connectivity index (χ4v) is 6.39. The molecule has 4 aliphatic rings. The molecule has 1 atom stereocenters. The molecule has 6 nitrogen and oxygen atoms in total. The van der Waals surface area contributed by atoms with Crippen LogP contribution in [-0.4, -0.2) is 66.5 Å².